The van der Waals surface area contributed by atoms with E-state index in [1.807, 2.05) is 24.3 Å². The van der Waals surface area contributed by atoms with Crippen LogP contribution in [0.2, 0.25) is 5.02 Å². The lowest BCUT2D eigenvalue weighted by Gasteiger charge is -2.12. The lowest BCUT2D eigenvalue weighted by molar-refractivity contribution is -0.135. The van der Waals surface area contributed by atoms with Crippen molar-refractivity contribution in [3.05, 3.63) is 101 Å². The number of rotatable bonds is 11. The Morgan fingerprint density at radius 2 is 1.83 bits per heavy atom. The van der Waals surface area contributed by atoms with Crippen LogP contribution in [0.5, 0.6) is 5.75 Å². The van der Waals surface area contributed by atoms with Gasteiger partial charge in [0.2, 0.25) is 0 Å². The maximum absolute atomic E-state index is 13.4. The molecule has 0 saturated carbocycles. The van der Waals surface area contributed by atoms with Crippen LogP contribution in [-0.4, -0.2) is 22.7 Å². The van der Waals surface area contributed by atoms with Crippen molar-refractivity contribution in [1.29, 1.82) is 0 Å². The quantitative estimate of drug-likeness (QED) is 0.120. The van der Waals surface area contributed by atoms with Gasteiger partial charge in [0.1, 0.15) is 41.8 Å². The van der Waals surface area contributed by atoms with E-state index in [0.717, 1.165) is 10.9 Å². The van der Waals surface area contributed by atoms with E-state index in [0.29, 0.717) is 51.4 Å². The van der Waals surface area contributed by atoms with Crippen molar-refractivity contribution >= 4 is 34.0 Å². The summed E-state index contributed by atoms with van der Waals surface area (Å²) in [5.74, 6) is 1.90. The summed E-state index contributed by atoms with van der Waals surface area (Å²) in [5, 5.41) is 7.36. The summed E-state index contributed by atoms with van der Waals surface area (Å²) in [6, 6.07) is 20.6. The predicted octanol–water partition coefficient (Wildman–Crippen LogP) is 8.44. The van der Waals surface area contributed by atoms with E-state index in [9.17, 15) is 17.6 Å². The second-order valence-electron chi connectivity index (χ2n) is 9.30. The van der Waals surface area contributed by atoms with Crippen molar-refractivity contribution < 1.29 is 26.7 Å². The van der Waals surface area contributed by atoms with E-state index in [1.165, 1.54) is 18.5 Å². The number of ether oxygens (including phenoxy) is 1. The fraction of sp³-hybridized carbons (Fsp3) is 0.200. The largest absolute Gasteiger partial charge is 0.487 e. The summed E-state index contributed by atoms with van der Waals surface area (Å²) in [6.07, 6.45) is -3.51. The Hall–Kier alpha value is -4.15. The Morgan fingerprint density at radius 1 is 0.951 bits per heavy atom. The maximum atomic E-state index is 13.4. The van der Waals surface area contributed by atoms with Gasteiger partial charge < -0.3 is 19.8 Å². The average Bonchev–Trinajstić information content (AvgIpc) is 3.41. The number of aromatic nitrogens is 2. The number of nitrogens with zero attached hydrogens (tertiary/aromatic N) is 2. The number of halogens is 5. The predicted molar refractivity (Wildman–Crippen MR) is 150 cm³/mol. The Bertz CT molecular complexity index is 1640. The van der Waals surface area contributed by atoms with Crippen LogP contribution >= 0.6 is 11.6 Å². The van der Waals surface area contributed by atoms with Gasteiger partial charge in [-0.1, -0.05) is 23.7 Å². The molecule has 41 heavy (non-hydrogen) atoms. The molecule has 0 aliphatic heterocycles. The van der Waals surface area contributed by atoms with Crippen molar-refractivity contribution in [1.82, 2.24) is 15.3 Å². The van der Waals surface area contributed by atoms with Crippen LogP contribution in [0.3, 0.4) is 0 Å². The van der Waals surface area contributed by atoms with Gasteiger partial charge >= 0.3 is 6.18 Å². The van der Waals surface area contributed by atoms with Crippen LogP contribution in [0.1, 0.15) is 24.2 Å². The summed E-state index contributed by atoms with van der Waals surface area (Å²) >= 11 is 6.45. The fourth-order valence-corrected chi connectivity index (χ4v) is 4.42. The van der Waals surface area contributed by atoms with E-state index in [1.54, 1.807) is 36.4 Å². The minimum Gasteiger partial charge on any atom is -0.487 e. The summed E-state index contributed by atoms with van der Waals surface area (Å²) in [6.45, 7) is 0.734. The molecule has 0 atom stereocenters. The van der Waals surface area contributed by atoms with E-state index in [4.69, 9.17) is 20.8 Å². The molecule has 0 fully saturated rings. The molecule has 6 nitrogen and oxygen atoms in total. The number of hydrogen-bond donors (Lipinski definition) is 2. The Kier molecular flexibility index (Phi) is 8.70. The second kappa shape index (κ2) is 12.6. The summed E-state index contributed by atoms with van der Waals surface area (Å²) in [5.41, 5.74) is 2.87. The van der Waals surface area contributed by atoms with Crippen LogP contribution in [0.15, 0.2) is 83.5 Å². The first-order valence-corrected chi connectivity index (χ1v) is 13.2. The number of alkyl halides is 3. The Morgan fingerprint density at radius 3 is 2.63 bits per heavy atom. The maximum Gasteiger partial charge on any atom is 0.389 e. The zero-order chi connectivity index (χ0) is 28.8. The third-order valence-corrected chi connectivity index (χ3v) is 6.47. The smallest absolute Gasteiger partial charge is 0.389 e. The first-order valence-electron chi connectivity index (χ1n) is 12.8. The molecule has 0 aliphatic rings. The molecule has 0 saturated heterocycles. The van der Waals surface area contributed by atoms with E-state index >= 15 is 0 Å². The third-order valence-electron chi connectivity index (χ3n) is 6.17. The summed E-state index contributed by atoms with van der Waals surface area (Å²) in [4.78, 5) is 8.75. The molecule has 5 rings (SSSR count). The zero-order valence-corrected chi connectivity index (χ0v) is 22.4. The molecular weight excluding hydrogens is 560 g/mol. The van der Waals surface area contributed by atoms with Crippen LogP contribution in [-0.2, 0) is 13.2 Å². The van der Waals surface area contributed by atoms with Gasteiger partial charge in [0, 0.05) is 23.1 Å². The normalized spacial score (nSPS) is 11.6. The highest BCUT2D eigenvalue weighted by atomic mass is 35.5. The molecule has 0 aliphatic carbocycles. The van der Waals surface area contributed by atoms with Gasteiger partial charge in [-0.25, -0.2) is 14.4 Å². The van der Waals surface area contributed by atoms with Gasteiger partial charge in [0.15, 0.2) is 0 Å². The first kappa shape index (κ1) is 28.4. The minimum absolute atomic E-state index is 0.00733. The molecule has 0 radical (unpaired) electrons. The number of fused-ring (bicyclic) bond motifs is 1. The van der Waals surface area contributed by atoms with Gasteiger partial charge in [-0.05, 0) is 79.2 Å². The molecule has 0 amide bonds. The lowest BCUT2D eigenvalue weighted by Crippen LogP contribution is -2.17. The van der Waals surface area contributed by atoms with Crippen LogP contribution in [0, 0.1) is 5.82 Å². The number of furan rings is 1. The number of hydrogen-bond acceptors (Lipinski definition) is 6. The molecule has 3 aromatic carbocycles. The van der Waals surface area contributed by atoms with Gasteiger partial charge in [0.05, 0.1) is 17.1 Å². The molecule has 5 aromatic rings. The van der Waals surface area contributed by atoms with Gasteiger partial charge in [-0.2, -0.15) is 13.2 Å². The molecule has 2 heterocycles. The molecular formula is C30H25ClF4N4O2. The van der Waals surface area contributed by atoms with Crippen molar-refractivity contribution in [2.24, 2.45) is 0 Å². The second-order valence-corrected chi connectivity index (χ2v) is 9.71. The van der Waals surface area contributed by atoms with E-state index in [2.05, 4.69) is 20.6 Å². The van der Waals surface area contributed by atoms with E-state index in [-0.39, 0.29) is 25.4 Å². The zero-order valence-electron chi connectivity index (χ0n) is 21.6. The number of benzene rings is 3. The summed E-state index contributed by atoms with van der Waals surface area (Å²) in [7, 11) is 0. The molecule has 2 aromatic heterocycles. The highest BCUT2D eigenvalue weighted by molar-refractivity contribution is 6.32. The summed E-state index contributed by atoms with van der Waals surface area (Å²) < 4.78 is 62.0. The van der Waals surface area contributed by atoms with Crippen molar-refractivity contribution in [3.63, 3.8) is 0 Å². The first-order chi connectivity index (χ1) is 19.7. The van der Waals surface area contributed by atoms with Crippen LogP contribution in [0.4, 0.5) is 29.1 Å². The molecule has 0 spiro atoms. The van der Waals surface area contributed by atoms with Crippen molar-refractivity contribution in [2.75, 3.05) is 11.9 Å². The standard InChI is InChI=1S/C30H25ClF4N4O2/c31-25-15-22(6-9-28(25)40-17-19-3-1-4-21(32)13-19)39-29-24-14-20(5-8-26(24)37-18-38-29)27-10-7-23(41-27)16-36-12-2-11-30(33,34)35/h1,3-10,13-15,18,36H,2,11-12,16-17H2,(H,37,38,39). The lowest BCUT2D eigenvalue weighted by atomic mass is 10.1. The molecule has 0 unspecified atom stereocenters. The SMILES string of the molecule is Fc1cccc(COc2ccc(Nc3ncnc4ccc(-c5ccc(CNCCCC(F)(F)F)o5)cc34)cc2Cl)c1. The van der Waals surface area contributed by atoms with Crippen LogP contribution < -0.4 is 15.4 Å². The minimum atomic E-state index is -4.15. The number of nitrogens with one attached hydrogen (secondary N) is 2. The highest BCUT2D eigenvalue weighted by Crippen LogP contribution is 2.33. The number of anilines is 2. The van der Waals surface area contributed by atoms with Gasteiger partial charge in [0.25, 0.3) is 0 Å². The highest BCUT2D eigenvalue weighted by Gasteiger charge is 2.25. The van der Waals surface area contributed by atoms with Gasteiger partial charge in [-0.15, -0.1) is 0 Å². The molecule has 212 valence electrons. The van der Waals surface area contributed by atoms with Gasteiger partial charge in [-0.3, -0.25) is 0 Å². The Balaban J connectivity index is 1.26. The molecule has 2 N–H and O–H groups in total. The Labute approximate surface area is 238 Å². The van der Waals surface area contributed by atoms with Crippen LogP contribution in [0.25, 0.3) is 22.2 Å². The van der Waals surface area contributed by atoms with E-state index < -0.39 is 12.6 Å². The topological polar surface area (TPSA) is 72.2 Å². The van der Waals surface area contributed by atoms with Crippen molar-refractivity contribution in [2.45, 2.75) is 32.2 Å². The monoisotopic (exact) mass is 584 g/mol. The molecule has 0 bridgehead atoms. The third kappa shape index (κ3) is 7.74. The average molecular weight is 585 g/mol. The molecule has 11 heteroatoms. The van der Waals surface area contributed by atoms with Crippen molar-refractivity contribution in [3.8, 4) is 17.1 Å². The fourth-order valence-electron chi connectivity index (χ4n) is 4.18.